The molecule has 34 heavy (non-hydrogen) atoms. The molecular weight excluding hydrogens is 430 g/mol. The molecule has 174 valence electrons. The van der Waals surface area contributed by atoms with Crippen molar-refractivity contribution in [1.82, 2.24) is 0 Å². The van der Waals surface area contributed by atoms with Crippen molar-refractivity contribution in [1.29, 1.82) is 0 Å². The second-order valence-corrected chi connectivity index (χ2v) is 7.89. The van der Waals surface area contributed by atoms with Crippen LogP contribution in [-0.2, 0) is 9.59 Å². The van der Waals surface area contributed by atoms with Gasteiger partial charge in [-0.3, -0.25) is 9.59 Å². The van der Waals surface area contributed by atoms with Gasteiger partial charge in [-0.2, -0.15) is 0 Å². The quantitative estimate of drug-likeness (QED) is 0.500. The van der Waals surface area contributed by atoms with Crippen molar-refractivity contribution in [3.63, 3.8) is 0 Å². The first-order chi connectivity index (χ1) is 16.4. The molecule has 7 nitrogen and oxygen atoms in total. The Morgan fingerprint density at radius 2 is 1.56 bits per heavy atom. The van der Waals surface area contributed by atoms with Gasteiger partial charge >= 0.3 is 0 Å². The number of methoxy groups -OCH3 is 1. The largest absolute Gasteiger partial charge is 0.496 e. The number of para-hydroxylation sites is 1. The predicted octanol–water partition coefficient (Wildman–Crippen LogP) is 4.56. The fourth-order valence-corrected chi connectivity index (χ4v) is 3.83. The van der Waals surface area contributed by atoms with Gasteiger partial charge in [0.1, 0.15) is 17.2 Å². The maximum absolute atomic E-state index is 13.7. The van der Waals surface area contributed by atoms with Crippen molar-refractivity contribution >= 4 is 34.4 Å². The SMILES string of the molecule is CCOc1ccc(NC2=C(c3ccccc3OC)C(=O)N(c3ccc(N(C)C)cc3)C2=O)cc1. The number of nitrogens with one attached hydrogen (secondary N) is 1. The van der Waals surface area contributed by atoms with E-state index in [-0.39, 0.29) is 11.3 Å². The molecule has 0 unspecified atom stereocenters. The first-order valence-electron chi connectivity index (χ1n) is 11.0. The van der Waals surface area contributed by atoms with E-state index in [1.165, 1.54) is 12.0 Å². The van der Waals surface area contributed by atoms with Crippen molar-refractivity contribution in [2.45, 2.75) is 6.92 Å². The van der Waals surface area contributed by atoms with Crippen molar-refractivity contribution in [2.75, 3.05) is 42.9 Å². The van der Waals surface area contributed by atoms with Crippen LogP contribution in [0.4, 0.5) is 17.1 Å². The van der Waals surface area contributed by atoms with Crippen LogP contribution in [0.2, 0.25) is 0 Å². The Morgan fingerprint density at radius 1 is 0.882 bits per heavy atom. The third kappa shape index (κ3) is 4.32. The van der Waals surface area contributed by atoms with Crippen LogP contribution in [0.25, 0.3) is 5.57 Å². The topological polar surface area (TPSA) is 71.1 Å². The third-order valence-corrected chi connectivity index (χ3v) is 5.52. The van der Waals surface area contributed by atoms with E-state index in [0.29, 0.717) is 29.3 Å². The number of nitrogens with zero attached hydrogens (tertiary/aromatic N) is 2. The lowest BCUT2D eigenvalue weighted by molar-refractivity contribution is -0.120. The molecule has 0 atom stereocenters. The van der Waals surface area contributed by atoms with Gasteiger partial charge in [-0.05, 0) is 61.5 Å². The van der Waals surface area contributed by atoms with E-state index in [1.807, 2.05) is 74.4 Å². The van der Waals surface area contributed by atoms with Gasteiger partial charge in [0.2, 0.25) is 0 Å². The number of carbonyl (C=O) groups is 2. The fourth-order valence-electron chi connectivity index (χ4n) is 3.83. The first-order valence-corrected chi connectivity index (χ1v) is 11.0. The summed E-state index contributed by atoms with van der Waals surface area (Å²) in [6.07, 6.45) is 0. The van der Waals surface area contributed by atoms with Crippen LogP contribution in [-0.4, -0.2) is 39.6 Å². The van der Waals surface area contributed by atoms with Crippen molar-refractivity contribution in [3.8, 4) is 11.5 Å². The molecule has 0 aliphatic carbocycles. The molecule has 1 heterocycles. The highest BCUT2D eigenvalue weighted by molar-refractivity contribution is 6.46. The predicted molar refractivity (Wildman–Crippen MR) is 134 cm³/mol. The summed E-state index contributed by atoms with van der Waals surface area (Å²) in [5.41, 5.74) is 3.12. The minimum absolute atomic E-state index is 0.190. The highest BCUT2D eigenvalue weighted by Gasteiger charge is 2.41. The van der Waals surface area contributed by atoms with E-state index >= 15 is 0 Å². The van der Waals surface area contributed by atoms with Gasteiger partial charge in [0.25, 0.3) is 11.8 Å². The summed E-state index contributed by atoms with van der Waals surface area (Å²) >= 11 is 0. The zero-order valence-electron chi connectivity index (χ0n) is 19.7. The van der Waals surface area contributed by atoms with Crippen LogP contribution in [0.5, 0.6) is 11.5 Å². The number of anilines is 3. The number of imide groups is 1. The van der Waals surface area contributed by atoms with Crippen LogP contribution < -0.4 is 24.6 Å². The number of hydrogen-bond donors (Lipinski definition) is 1. The number of ether oxygens (including phenoxy) is 2. The van der Waals surface area contributed by atoms with E-state index in [0.717, 1.165) is 11.4 Å². The average Bonchev–Trinajstić information content (AvgIpc) is 3.09. The Labute approximate surface area is 199 Å². The molecule has 0 bridgehead atoms. The highest BCUT2D eigenvalue weighted by Crippen LogP contribution is 2.37. The summed E-state index contributed by atoms with van der Waals surface area (Å²) in [5.74, 6) is 0.385. The number of rotatable bonds is 8. The Balaban J connectivity index is 1.77. The number of hydrogen-bond acceptors (Lipinski definition) is 6. The van der Waals surface area contributed by atoms with Crippen LogP contribution >= 0.6 is 0 Å². The molecule has 7 heteroatoms. The highest BCUT2D eigenvalue weighted by atomic mass is 16.5. The number of carbonyl (C=O) groups excluding carboxylic acids is 2. The van der Waals surface area contributed by atoms with E-state index in [1.54, 1.807) is 24.3 Å². The second-order valence-electron chi connectivity index (χ2n) is 7.89. The summed E-state index contributed by atoms with van der Waals surface area (Å²) in [5, 5.41) is 3.17. The van der Waals surface area contributed by atoms with Gasteiger partial charge in [0.05, 0.1) is 25.0 Å². The van der Waals surface area contributed by atoms with E-state index in [2.05, 4.69) is 5.32 Å². The Morgan fingerprint density at radius 3 is 2.18 bits per heavy atom. The fraction of sp³-hybridized carbons (Fsp3) is 0.185. The third-order valence-electron chi connectivity index (χ3n) is 5.52. The zero-order chi connectivity index (χ0) is 24.2. The van der Waals surface area contributed by atoms with Gasteiger partial charge in [-0.1, -0.05) is 18.2 Å². The van der Waals surface area contributed by atoms with Gasteiger partial charge in [-0.15, -0.1) is 0 Å². The van der Waals surface area contributed by atoms with Crippen LogP contribution in [0.15, 0.2) is 78.5 Å². The normalized spacial score (nSPS) is 13.4. The summed E-state index contributed by atoms with van der Waals surface area (Å²) in [6.45, 7) is 2.48. The standard InChI is InChI=1S/C27H27N3O4/c1-5-34-21-16-10-18(11-17-21)28-25-24(22-8-6-7-9-23(22)33-4)26(31)30(27(25)32)20-14-12-19(13-15-20)29(2)3/h6-17,28H,5H2,1-4H3. The summed E-state index contributed by atoms with van der Waals surface area (Å²) in [7, 11) is 5.40. The minimum Gasteiger partial charge on any atom is -0.496 e. The molecule has 3 aromatic rings. The monoisotopic (exact) mass is 457 g/mol. The second kappa shape index (κ2) is 9.70. The smallest absolute Gasteiger partial charge is 0.282 e. The Kier molecular flexibility index (Phi) is 6.54. The molecule has 0 radical (unpaired) electrons. The molecule has 0 saturated carbocycles. The molecule has 3 aromatic carbocycles. The van der Waals surface area contributed by atoms with Gasteiger partial charge in [-0.25, -0.2) is 4.90 Å². The number of amides is 2. The first kappa shape index (κ1) is 22.9. The van der Waals surface area contributed by atoms with E-state index in [9.17, 15) is 9.59 Å². The van der Waals surface area contributed by atoms with E-state index < -0.39 is 11.8 Å². The molecule has 0 fully saturated rings. The molecule has 0 aromatic heterocycles. The molecule has 1 N–H and O–H groups in total. The van der Waals surface area contributed by atoms with Crippen LogP contribution in [0, 0.1) is 0 Å². The molecule has 2 amide bonds. The maximum atomic E-state index is 13.7. The Hall–Kier alpha value is -4.26. The number of benzene rings is 3. The van der Waals surface area contributed by atoms with Crippen LogP contribution in [0.1, 0.15) is 12.5 Å². The van der Waals surface area contributed by atoms with Crippen molar-refractivity contribution < 1.29 is 19.1 Å². The molecule has 4 rings (SSSR count). The molecule has 1 aliphatic rings. The maximum Gasteiger partial charge on any atom is 0.282 e. The van der Waals surface area contributed by atoms with Crippen LogP contribution in [0.3, 0.4) is 0 Å². The average molecular weight is 458 g/mol. The lowest BCUT2D eigenvalue weighted by atomic mass is 10.0. The summed E-state index contributed by atoms with van der Waals surface area (Å²) in [6, 6.07) is 21.7. The van der Waals surface area contributed by atoms with Gasteiger partial charge in [0.15, 0.2) is 0 Å². The molecule has 0 saturated heterocycles. The lowest BCUT2D eigenvalue weighted by Gasteiger charge is -2.18. The lowest BCUT2D eigenvalue weighted by Crippen LogP contribution is -2.32. The van der Waals surface area contributed by atoms with Crippen molar-refractivity contribution in [2.24, 2.45) is 0 Å². The van der Waals surface area contributed by atoms with Crippen molar-refractivity contribution in [3.05, 3.63) is 84.1 Å². The van der Waals surface area contributed by atoms with Gasteiger partial charge < -0.3 is 19.7 Å². The zero-order valence-corrected chi connectivity index (χ0v) is 19.7. The summed E-state index contributed by atoms with van der Waals surface area (Å²) in [4.78, 5) is 30.4. The molecule has 1 aliphatic heterocycles. The van der Waals surface area contributed by atoms with E-state index in [4.69, 9.17) is 9.47 Å². The molecular formula is C27H27N3O4. The summed E-state index contributed by atoms with van der Waals surface area (Å²) < 4.78 is 11.0. The minimum atomic E-state index is -0.433. The Bertz CT molecular complexity index is 1230. The van der Waals surface area contributed by atoms with Gasteiger partial charge in [0, 0.05) is 31.0 Å². The molecule has 0 spiro atoms.